The highest BCUT2D eigenvalue weighted by atomic mass is 16.5. The van der Waals surface area contributed by atoms with Crippen LogP contribution in [-0.4, -0.2) is 25.8 Å². The van der Waals surface area contributed by atoms with Crippen molar-refractivity contribution < 1.29 is 4.74 Å². The minimum atomic E-state index is -0.00694. The Hall–Kier alpha value is -0.340. The van der Waals surface area contributed by atoms with Crippen LogP contribution in [0.25, 0.3) is 0 Å². The second-order valence-electron chi connectivity index (χ2n) is 4.19. The van der Waals surface area contributed by atoms with Crippen LogP contribution in [0.1, 0.15) is 38.5 Å². The monoisotopic (exact) mass is 197 g/mol. The van der Waals surface area contributed by atoms with Gasteiger partial charge in [-0.3, -0.25) is 0 Å². The molecule has 1 aliphatic carbocycles. The lowest BCUT2D eigenvalue weighted by molar-refractivity contribution is -0.0390. The van der Waals surface area contributed by atoms with Gasteiger partial charge in [0, 0.05) is 7.11 Å². The molecule has 0 aromatic carbocycles. The summed E-state index contributed by atoms with van der Waals surface area (Å²) in [5.74, 6) is 0. The molecule has 0 spiro atoms. The summed E-state index contributed by atoms with van der Waals surface area (Å²) in [5.41, 5.74) is -0.00694. The Morgan fingerprint density at radius 2 is 1.86 bits per heavy atom. The Bertz CT molecular complexity index is 171. The maximum atomic E-state index is 5.77. The van der Waals surface area contributed by atoms with E-state index >= 15 is 0 Å². The first-order valence-corrected chi connectivity index (χ1v) is 5.64. The van der Waals surface area contributed by atoms with Gasteiger partial charge in [0.1, 0.15) is 0 Å². The highest BCUT2D eigenvalue weighted by Crippen LogP contribution is 2.33. The fourth-order valence-electron chi connectivity index (χ4n) is 2.56. The van der Waals surface area contributed by atoms with Gasteiger partial charge in [0.25, 0.3) is 0 Å². The molecular weight excluding hydrogens is 174 g/mol. The molecular formula is C12H23NO. The SMILES string of the molecule is C=CC(NC)C1(OC)CCCCCC1. The van der Waals surface area contributed by atoms with Gasteiger partial charge in [-0.15, -0.1) is 6.58 Å². The molecule has 0 aromatic rings. The van der Waals surface area contributed by atoms with Gasteiger partial charge < -0.3 is 10.1 Å². The van der Waals surface area contributed by atoms with E-state index in [0.29, 0.717) is 0 Å². The van der Waals surface area contributed by atoms with Crippen LogP contribution in [0.5, 0.6) is 0 Å². The largest absolute Gasteiger partial charge is 0.376 e. The molecule has 0 aliphatic heterocycles. The van der Waals surface area contributed by atoms with Crippen LogP contribution in [-0.2, 0) is 4.74 Å². The zero-order valence-electron chi connectivity index (χ0n) is 9.51. The van der Waals surface area contributed by atoms with Gasteiger partial charge in [0.05, 0.1) is 11.6 Å². The minimum Gasteiger partial charge on any atom is -0.376 e. The average molecular weight is 197 g/mol. The van der Waals surface area contributed by atoms with Gasteiger partial charge in [0.15, 0.2) is 0 Å². The molecule has 2 nitrogen and oxygen atoms in total. The van der Waals surface area contributed by atoms with Crippen molar-refractivity contribution in [2.75, 3.05) is 14.2 Å². The molecule has 1 atom stereocenters. The number of nitrogens with one attached hydrogen (secondary N) is 1. The van der Waals surface area contributed by atoms with Crippen LogP contribution in [0, 0.1) is 0 Å². The maximum Gasteiger partial charge on any atom is 0.0866 e. The normalized spacial score (nSPS) is 23.9. The number of methoxy groups -OCH3 is 1. The van der Waals surface area contributed by atoms with E-state index in [-0.39, 0.29) is 11.6 Å². The lowest BCUT2D eigenvalue weighted by Gasteiger charge is -2.37. The first-order valence-electron chi connectivity index (χ1n) is 5.64. The van der Waals surface area contributed by atoms with Gasteiger partial charge in [-0.25, -0.2) is 0 Å². The zero-order valence-corrected chi connectivity index (χ0v) is 9.51. The van der Waals surface area contributed by atoms with E-state index in [2.05, 4.69) is 11.9 Å². The quantitative estimate of drug-likeness (QED) is 0.552. The summed E-state index contributed by atoms with van der Waals surface area (Å²) in [6, 6.07) is 0.283. The number of rotatable bonds is 4. The van der Waals surface area contributed by atoms with Gasteiger partial charge >= 0.3 is 0 Å². The molecule has 0 bridgehead atoms. The fraction of sp³-hybridized carbons (Fsp3) is 0.833. The van der Waals surface area contributed by atoms with Crippen molar-refractivity contribution in [1.29, 1.82) is 0 Å². The van der Waals surface area contributed by atoms with Crippen LogP contribution in [0.4, 0.5) is 0 Å². The lowest BCUT2D eigenvalue weighted by Crippen LogP contribution is -2.49. The third kappa shape index (κ3) is 2.37. The standard InChI is InChI=1S/C12H23NO/c1-4-11(13-2)12(14-3)9-7-5-6-8-10-12/h4,11,13H,1,5-10H2,2-3H3. The van der Waals surface area contributed by atoms with E-state index in [1.54, 1.807) is 0 Å². The molecule has 1 saturated carbocycles. The first kappa shape index (κ1) is 11.7. The molecule has 0 amide bonds. The molecule has 1 unspecified atom stereocenters. The van der Waals surface area contributed by atoms with Crippen molar-refractivity contribution in [3.8, 4) is 0 Å². The van der Waals surface area contributed by atoms with Gasteiger partial charge in [-0.05, 0) is 19.9 Å². The Balaban J connectivity index is 2.74. The Morgan fingerprint density at radius 1 is 1.29 bits per heavy atom. The Kier molecular flexibility index (Phi) is 4.63. The molecule has 0 heterocycles. The van der Waals surface area contributed by atoms with Crippen molar-refractivity contribution in [3.63, 3.8) is 0 Å². The maximum absolute atomic E-state index is 5.77. The second-order valence-corrected chi connectivity index (χ2v) is 4.19. The smallest absolute Gasteiger partial charge is 0.0866 e. The van der Waals surface area contributed by atoms with Gasteiger partial charge in [-0.1, -0.05) is 31.8 Å². The number of ether oxygens (including phenoxy) is 1. The van der Waals surface area contributed by atoms with Crippen LogP contribution in [0.3, 0.4) is 0 Å². The summed E-state index contributed by atoms with van der Waals surface area (Å²) >= 11 is 0. The minimum absolute atomic E-state index is 0.00694. The van der Waals surface area contributed by atoms with E-state index in [0.717, 1.165) is 12.8 Å². The summed E-state index contributed by atoms with van der Waals surface area (Å²) in [6.45, 7) is 3.89. The molecule has 14 heavy (non-hydrogen) atoms. The van der Waals surface area contributed by atoms with Crippen molar-refractivity contribution in [2.24, 2.45) is 0 Å². The van der Waals surface area contributed by atoms with E-state index in [9.17, 15) is 0 Å². The van der Waals surface area contributed by atoms with Gasteiger partial charge in [-0.2, -0.15) is 0 Å². The third-order valence-electron chi connectivity index (χ3n) is 3.47. The Labute approximate surface area is 87.7 Å². The van der Waals surface area contributed by atoms with Gasteiger partial charge in [0.2, 0.25) is 0 Å². The fourth-order valence-corrected chi connectivity index (χ4v) is 2.56. The molecule has 1 rings (SSSR count). The third-order valence-corrected chi connectivity index (χ3v) is 3.47. The molecule has 0 aromatic heterocycles. The van der Waals surface area contributed by atoms with E-state index in [4.69, 9.17) is 4.74 Å². The first-order chi connectivity index (χ1) is 6.79. The predicted octanol–water partition coefficient (Wildman–Crippen LogP) is 2.50. The topological polar surface area (TPSA) is 21.3 Å². The average Bonchev–Trinajstić information content (AvgIpc) is 2.46. The van der Waals surface area contributed by atoms with E-state index in [1.807, 2.05) is 20.2 Å². The predicted molar refractivity (Wildman–Crippen MR) is 60.5 cm³/mol. The summed E-state index contributed by atoms with van der Waals surface area (Å²) in [5, 5.41) is 3.30. The molecule has 1 N–H and O–H groups in total. The number of hydrogen-bond acceptors (Lipinski definition) is 2. The van der Waals surface area contributed by atoms with E-state index in [1.165, 1.54) is 25.7 Å². The molecule has 0 radical (unpaired) electrons. The summed E-state index contributed by atoms with van der Waals surface area (Å²) in [4.78, 5) is 0. The number of hydrogen-bond donors (Lipinski definition) is 1. The number of likely N-dealkylation sites (N-methyl/N-ethyl adjacent to an activating group) is 1. The van der Waals surface area contributed by atoms with E-state index < -0.39 is 0 Å². The van der Waals surface area contributed by atoms with Crippen LogP contribution >= 0.6 is 0 Å². The summed E-state index contributed by atoms with van der Waals surface area (Å²) in [7, 11) is 3.82. The molecule has 82 valence electrons. The Morgan fingerprint density at radius 3 is 2.21 bits per heavy atom. The van der Waals surface area contributed by atoms with Crippen LogP contribution in [0.2, 0.25) is 0 Å². The molecule has 0 saturated heterocycles. The molecule has 1 aliphatic rings. The van der Waals surface area contributed by atoms with Crippen molar-refractivity contribution in [2.45, 2.75) is 50.2 Å². The van der Waals surface area contributed by atoms with Crippen molar-refractivity contribution in [1.82, 2.24) is 5.32 Å². The van der Waals surface area contributed by atoms with Crippen LogP contribution < -0.4 is 5.32 Å². The lowest BCUT2D eigenvalue weighted by atomic mass is 9.86. The summed E-state index contributed by atoms with van der Waals surface area (Å²) < 4.78 is 5.77. The highest BCUT2D eigenvalue weighted by molar-refractivity contribution is 5.02. The molecule has 1 fully saturated rings. The highest BCUT2D eigenvalue weighted by Gasteiger charge is 2.36. The second kappa shape index (κ2) is 5.52. The zero-order chi connectivity index (χ0) is 10.4. The molecule has 2 heteroatoms. The van der Waals surface area contributed by atoms with Crippen LogP contribution in [0.15, 0.2) is 12.7 Å². The van der Waals surface area contributed by atoms with Crippen molar-refractivity contribution in [3.05, 3.63) is 12.7 Å². The summed E-state index contributed by atoms with van der Waals surface area (Å²) in [6.07, 6.45) is 9.54. The van der Waals surface area contributed by atoms with Crippen molar-refractivity contribution >= 4 is 0 Å².